The predicted octanol–water partition coefficient (Wildman–Crippen LogP) is 5.46. The quantitative estimate of drug-likeness (QED) is 0.409. The summed E-state index contributed by atoms with van der Waals surface area (Å²) in [5, 5.41) is 18.6. The molecule has 5 heteroatoms. The summed E-state index contributed by atoms with van der Waals surface area (Å²) in [5.41, 5.74) is 5.56. The normalized spacial score (nSPS) is 11.3. The van der Waals surface area contributed by atoms with E-state index in [1.165, 1.54) is 15.7 Å². The number of nitrogens with zero attached hydrogens (tertiary/aromatic N) is 2. The zero-order chi connectivity index (χ0) is 19.6. The summed E-state index contributed by atoms with van der Waals surface area (Å²) >= 11 is 2.28. The van der Waals surface area contributed by atoms with Crippen LogP contribution in [0.2, 0.25) is 0 Å². The van der Waals surface area contributed by atoms with Gasteiger partial charge in [-0.1, -0.05) is 12.1 Å². The summed E-state index contributed by atoms with van der Waals surface area (Å²) in [4.78, 5) is 11.0. The van der Waals surface area contributed by atoms with Gasteiger partial charge >= 0.3 is 5.97 Å². The van der Waals surface area contributed by atoms with Gasteiger partial charge in [0.2, 0.25) is 0 Å². The SMILES string of the molecule is Cc1cc(/C=C(\C#N)c2ccc(C(=O)O)cc2)c(C)n1-c1ccc(I)cc1. The van der Waals surface area contributed by atoms with Crippen molar-refractivity contribution in [1.82, 2.24) is 4.57 Å². The van der Waals surface area contributed by atoms with E-state index < -0.39 is 5.97 Å². The molecule has 3 rings (SSSR count). The van der Waals surface area contributed by atoms with E-state index in [4.69, 9.17) is 5.11 Å². The molecule has 27 heavy (non-hydrogen) atoms. The van der Waals surface area contributed by atoms with Crippen molar-refractivity contribution in [2.45, 2.75) is 13.8 Å². The second-order valence-electron chi connectivity index (χ2n) is 6.19. The van der Waals surface area contributed by atoms with Gasteiger partial charge in [0.25, 0.3) is 0 Å². The highest BCUT2D eigenvalue weighted by Crippen LogP contribution is 2.26. The van der Waals surface area contributed by atoms with Gasteiger partial charge in [-0.3, -0.25) is 0 Å². The zero-order valence-corrected chi connectivity index (χ0v) is 17.1. The summed E-state index contributed by atoms with van der Waals surface area (Å²) < 4.78 is 3.33. The van der Waals surface area contributed by atoms with Crippen LogP contribution in [0.4, 0.5) is 0 Å². The monoisotopic (exact) mass is 468 g/mol. The molecule has 2 aromatic carbocycles. The third kappa shape index (κ3) is 3.96. The Kier molecular flexibility index (Phi) is 5.47. The summed E-state index contributed by atoms with van der Waals surface area (Å²) in [6.07, 6.45) is 1.85. The van der Waals surface area contributed by atoms with Crippen molar-refractivity contribution in [2.75, 3.05) is 0 Å². The van der Waals surface area contributed by atoms with Crippen LogP contribution in [0.1, 0.15) is 32.9 Å². The lowest BCUT2D eigenvalue weighted by molar-refractivity contribution is 0.0697. The average Bonchev–Trinajstić information content (AvgIpc) is 2.94. The molecule has 1 N–H and O–H groups in total. The molecule has 3 aromatic rings. The molecule has 0 radical (unpaired) electrons. The summed E-state index contributed by atoms with van der Waals surface area (Å²) in [6.45, 7) is 4.06. The number of allylic oxidation sites excluding steroid dienone is 1. The van der Waals surface area contributed by atoms with Crippen LogP contribution in [0.3, 0.4) is 0 Å². The zero-order valence-electron chi connectivity index (χ0n) is 14.9. The minimum absolute atomic E-state index is 0.202. The van der Waals surface area contributed by atoms with E-state index in [1.807, 2.05) is 19.9 Å². The number of halogens is 1. The van der Waals surface area contributed by atoms with E-state index in [0.29, 0.717) is 11.1 Å². The van der Waals surface area contributed by atoms with E-state index in [1.54, 1.807) is 12.1 Å². The van der Waals surface area contributed by atoms with Gasteiger partial charge in [0.1, 0.15) is 0 Å². The molecule has 0 atom stereocenters. The van der Waals surface area contributed by atoms with Crippen molar-refractivity contribution in [3.05, 3.63) is 86.2 Å². The fraction of sp³-hybridized carbons (Fsp3) is 0.0909. The number of benzene rings is 2. The Morgan fingerprint density at radius 1 is 1.07 bits per heavy atom. The van der Waals surface area contributed by atoms with E-state index in [2.05, 4.69) is 63.6 Å². The van der Waals surface area contributed by atoms with Gasteiger partial charge < -0.3 is 9.67 Å². The first-order valence-electron chi connectivity index (χ1n) is 8.31. The topological polar surface area (TPSA) is 66.0 Å². The van der Waals surface area contributed by atoms with Gasteiger partial charge in [-0.25, -0.2) is 4.79 Å². The van der Waals surface area contributed by atoms with Crippen molar-refractivity contribution >= 4 is 40.2 Å². The molecule has 0 aliphatic heterocycles. The molecule has 0 fully saturated rings. The fourth-order valence-corrected chi connectivity index (χ4v) is 3.41. The highest BCUT2D eigenvalue weighted by molar-refractivity contribution is 14.1. The molecule has 0 spiro atoms. The van der Waals surface area contributed by atoms with E-state index in [9.17, 15) is 10.1 Å². The van der Waals surface area contributed by atoms with Crippen LogP contribution < -0.4 is 0 Å². The molecule has 0 bridgehead atoms. The minimum atomic E-state index is -0.981. The molecule has 134 valence electrons. The van der Waals surface area contributed by atoms with Gasteiger partial charge in [0.05, 0.1) is 17.2 Å². The standard InChI is InChI=1S/C22H17IN2O2/c1-14-11-18(15(2)25(14)21-9-7-20(23)8-10-21)12-19(13-24)16-3-5-17(6-4-16)22(26)27/h3-12H,1-2H3,(H,26,27)/b19-12+. The fourth-order valence-electron chi connectivity index (χ4n) is 3.05. The summed E-state index contributed by atoms with van der Waals surface area (Å²) in [5.74, 6) is -0.981. The molecular weight excluding hydrogens is 451 g/mol. The second kappa shape index (κ2) is 7.80. The first-order valence-corrected chi connectivity index (χ1v) is 9.39. The molecule has 0 aliphatic carbocycles. The Balaban J connectivity index is 2.03. The number of hydrogen-bond donors (Lipinski definition) is 1. The molecule has 0 aliphatic rings. The number of rotatable bonds is 4. The maximum atomic E-state index is 11.0. The predicted molar refractivity (Wildman–Crippen MR) is 115 cm³/mol. The molecule has 1 aromatic heterocycles. The first kappa shape index (κ1) is 18.9. The minimum Gasteiger partial charge on any atom is -0.478 e. The van der Waals surface area contributed by atoms with Crippen LogP contribution in [0.15, 0.2) is 54.6 Å². The largest absolute Gasteiger partial charge is 0.478 e. The van der Waals surface area contributed by atoms with Crippen LogP contribution in [0.5, 0.6) is 0 Å². The lowest BCUT2D eigenvalue weighted by Gasteiger charge is -2.09. The number of carboxylic acids is 1. The van der Waals surface area contributed by atoms with Crippen molar-refractivity contribution in [2.24, 2.45) is 0 Å². The Hall–Kier alpha value is -2.85. The van der Waals surface area contributed by atoms with Crippen LogP contribution in [0.25, 0.3) is 17.3 Å². The number of carboxylic acid groups (broad SMARTS) is 1. The molecule has 0 unspecified atom stereocenters. The van der Waals surface area contributed by atoms with Crippen molar-refractivity contribution < 1.29 is 9.90 Å². The highest BCUT2D eigenvalue weighted by Gasteiger charge is 2.11. The van der Waals surface area contributed by atoms with Gasteiger partial charge in [-0.05, 0) is 96.1 Å². The van der Waals surface area contributed by atoms with Gasteiger partial charge in [-0.2, -0.15) is 5.26 Å². The number of aromatic carboxylic acids is 1. The molecule has 0 amide bonds. The van der Waals surface area contributed by atoms with Crippen LogP contribution in [0, 0.1) is 28.7 Å². The van der Waals surface area contributed by atoms with E-state index in [0.717, 1.165) is 22.6 Å². The lowest BCUT2D eigenvalue weighted by Crippen LogP contribution is -1.99. The van der Waals surface area contributed by atoms with Crippen molar-refractivity contribution in [1.29, 1.82) is 5.26 Å². The summed E-state index contributed by atoms with van der Waals surface area (Å²) in [7, 11) is 0. The summed E-state index contributed by atoms with van der Waals surface area (Å²) in [6, 6.07) is 18.9. The first-order chi connectivity index (χ1) is 12.9. The second-order valence-corrected chi connectivity index (χ2v) is 7.44. The third-order valence-electron chi connectivity index (χ3n) is 4.42. The van der Waals surface area contributed by atoms with Gasteiger partial charge in [0, 0.05) is 20.6 Å². The molecule has 0 saturated carbocycles. The molecule has 0 saturated heterocycles. The lowest BCUT2D eigenvalue weighted by atomic mass is 10.0. The Bertz CT molecular complexity index is 1070. The van der Waals surface area contributed by atoms with E-state index >= 15 is 0 Å². The number of aromatic nitrogens is 1. The Morgan fingerprint density at radius 2 is 1.67 bits per heavy atom. The number of aryl methyl sites for hydroxylation is 1. The van der Waals surface area contributed by atoms with Crippen molar-refractivity contribution in [3.8, 4) is 11.8 Å². The van der Waals surface area contributed by atoms with Crippen molar-refractivity contribution in [3.63, 3.8) is 0 Å². The number of nitriles is 1. The van der Waals surface area contributed by atoms with Gasteiger partial charge in [-0.15, -0.1) is 0 Å². The smallest absolute Gasteiger partial charge is 0.335 e. The highest BCUT2D eigenvalue weighted by atomic mass is 127. The maximum Gasteiger partial charge on any atom is 0.335 e. The van der Waals surface area contributed by atoms with Crippen LogP contribution in [-0.4, -0.2) is 15.6 Å². The van der Waals surface area contributed by atoms with Gasteiger partial charge in [0.15, 0.2) is 0 Å². The van der Waals surface area contributed by atoms with Crippen LogP contribution >= 0.6 is 22.6 Å². The van der Waals surface area contributed by atoms with Crippen LogP contribution in [-0.2, 0) is 0 Å². The average molecular weight is 468 g/mol. The molecule has 1 heterocycles. The maximum absolute atomic E-state index is 11.0. The number of hydrogen-bond acceptors (Lipinski definition) is 2. The number of carbonyl (C=O) groups is 1. The Morgan fingerprint density at radius 3 is 2.22 bits per heavy atom. The molecule has 4 nitrogen and oxygen atoms in total. The Labute approximate surface area is 171 Å². The van der Waals surface area contributed by atoms with E-state index in [-0.39, 0.29) is 5.56 Å². The third-order valence-corrected chi connectivity index (χ3v) is 5.14. The molecular formula is C22H17IN2O2.